The summed E-state index contributed by atoms with van der Waals surface area (Å²) in [6.45, 7) is 4.64. The largest absolute Gasteiger partial charge is 0.463 e. The Kier molecular flexibility index (Phi) is 5.75. The molecule has 10 heteroatoms. The molecular formula is C17H18F3N3O3S. The highest BCUT2D eigenvalue weighted by molar-refractivity contribution is 7.99. The van der Waals surface area contributed by atoms with Crippen LogP contribution in [0.4, 0.5) is 13.2 Å². The second-order valence-corrected chi connectivity index (χ2v) is 7.18. The second-order valence-electron chi connectivity index (χ2n) is 6.24. The first-order chi connectivity index (χ1) is 12.7. The van der Waals surface area contributed by atoms with Crippen molar-refractivity contribution in [2.75, 3.05) is 18.8 Å². The van der Waals surface area contributed by atoms with Crippen LogP contribution in [0.15, 0.2) is 34.0 Å². The van der Waals surface area contributed by atoms with Gasteiger partial charge in [-0.05, 0) is 32.0 Å². The van der Waals surface area contributed by atoms with Gasteiger partial charge < -0.3 is 14.1 Å². The first kappa shape index (κ1) is 19.7. The van der Waals surface area contributed by atoms with Crippen molar-refractivity contribution < 1.29 is 27.1 Å². The van der Waals surface area contributed by atoms with Crippen LogP contribution in [0.3, 0.4) is 0 Å². The summed E-state index contributed by atoms with van der Waals surface area (Å²) in [5.74, 6) is -0.0484. The van der Waals surface area contributed by atoms with Gasteiger partial charge in [0.15, 0.2) is 10.9 Å². The molecule has 3 heterocycles. The molecule has 1 amide bonds. The van der Waals surface area contributed by atoms with Crippen molar-refractivity contribution in [3.63, 3.8) is 0 Å². The minimum atomic E-state index is -4.63. The zero-order valence-electron chi connectivity index (χ0n) is 14.7. The van der Waals surface area contributed by atoms with E-state index in [1.165, 1.54) is 12.3 Å². The van der Waals surface area contributed by atoms with Gasteiger partial charge in [0, 0.05) is 13.1 Å². The van der Waals surface area contributed by atoms with E-state index in [0.717, 1.165) is 17.8 Å². The van der Waals surface area contributed by atoms with Crippen LogP contribution >= 0.6 is 11.8 Å². The molecule has 1 saturated heterocycles. The Morgan fingerprint density at radius 1 is 1.30 bits per heavy atom. The molecule has 2 aromatic heterocycles. The third kappa shape index (κ3) is 5.01. The molecule has 0 aliphatic carbocycles. The number of thioether (sulfide) groups is 1. The summed E-state index contributed by atoms with van der Waals surface area (Å²) in [4.78, 5) is 21.7. The molecule has 6 nitrogen and oxygen atoms in total. The Morgan fingerprint density at radius 3 is 2.59 bits per heavy atom. The van der Waals surface area contributed by atoms with Gasteiger partial charge in [0.2, 0.25) is 5.91 Å². The van der Waals surface area contributed by atoms with Gasteiger partial charge in [0.25, 0.3) is 0 Å². The molecule has 1 fully saturated rings. The lowest BCUT2D eigenvalue weighted by molar-refractivity contribution is -0.141. The van der Waals surface area contributed by atoms with Gasteiger partial charge in [0.1, 0.15) is 11.4 Å². The Bertz CT molecular complexity index is 788. The molecule has 1 aliphatic heterocycles. The maximum absolute atomic E-state index is 13.1. The predicted molar refractivity (Wildman–Crippen MR) is 92.0 cm³/mol. The number of morpholine rings is 1. The zero-order chi connectivity index (χ0) is 19.6. The van der Waals surface area contributed by atoms with Crippen LogP contribution in [0.25, 0.3) is 11.5 Å². The molecule has 0 spiro atoms. The lowest BCUT2D eigenvalue weighted by Gasteiger charge is -2.35. The number of hydrogen-bond acceptors (Lipinski definition) is 6. The molecule has 3 rings (SSSR count). The van der Waals surface area contributed by atoms with E-state index < -0.39 is 11.9 Å². The fourth-order valence-electron chi connectivity index (χ4n) is 2.78. The molecule has 0 saturated carbocycles. The summed E-state index contributed by atoms with van der Waals surface area (Å²) in [7, 11) is 0. The Morgan fingerprint density at radius 2 is 2.00 bits per heavy atom. The molecule has 0 N–H and O–H groups in total. The van der Waals surface area contributed by atoms with Crippen molar-refractivity contribution in [1.82, 2.24) is 14.9 Å². The predicted octanol–water partition coefficient (Wildman–Crippen LogP) is 3.48. The van der Waals surface area contributed by atoms with E-state index in [2.05, 4.69) is 9.97 Å². The number of carbonyl (C=O) groups is 1. The monoisotopic (exact) mass is 401 g/mol. The minimum absolute atomic E-state index is 0.0193. The fourth-order valence-corrected chi connectivity index (χ4v) is 3.55. The lowest BCUT2D eigenvalue weighted by Crippen LogP contribution is -2.48. The van der Waals surface area contributed by atoms with E-state index in [4.69, 9.17) is 9.15 Å². The molecule has 1 aliphatic rings. The SMILES string of the molecule is C[C@@H]1CN(C(=O)CSc2nc(-c3ccco3)cc(C(F)(F)F)n2)C[C@@H](C)O1. The molecule has 2 atom stereocenters. The second kappa shape index (κ2) is 7.89. The Balaban J connectivity index is 1.76. The number of aromatic nitrogens is 2. The van der Waals surface area contributed by atoms with Crippen LogP contribution in [0.2, 0.25) is 0 Å². The van der Waals surface area contributed by atoms with E-state index in [1.807, 2.05) is 13.8 Å². The van der Waals surface area contributed by atoms with Crippen molar-refractivity contribution >= 4 is 17.7 Å². The normalized spacial score (nSPS) is 20.7. The van der Waals surface area contributed by atoms with Crippen molar-refractivity contribution in [3.05, 3.63) is 30.2 Å². The van der Waals surface area contributed by atoms with Crippen LogP contribution in [-0.4, -0.2) is 51.8 Å². The van der Waals surface area contributed by atoms with E-state index in [1.54, 1.807) is 11.0 Å². The highest BCUT2D eigenvalue weighted by atomic mass is 32.2. The number of nitrogens with zero attached hydrogens (tertiary/aromatic N) is 3. The van der Waals surface area contributed by atoms with Crippen molar-refractivity contribution in [1.29, 1.82) is 0 Å². The van der Waals surface area contributed by atoms with E-state index in [9.17, 15) is 18.0 Å². The van der Waals surface area contributed by atoms with E-state index in [-0.39, 0.29) is 40.5 Å². The Hall–Kier alpha value is -2.07. The number of furan rings is 1. The molecule has 0 bridgehead atoms. The summed E-state index contributed by atoms with van der Waals surface area (Å²) in [5.41, 5.74) is -1.06. The first-order valence-electron chi connectivity index (χ1n) is 8.28. The zero-order valence-corrected chi connectivity index (χ0v) is 15.5. The number of hydrogen-bond donors (Lipinski definition) is 0. The van der Waals surface area contributed by atoms with Gasteiger partial charge in [-0.15, -0.1) is 0 Å². The fraction of sp³-hybridized carbons (Fsp3) is 0.471. The molecule has 0 aromatic carbocycles. The van der Waals surface area contributed by atoms with Gasteiger partial charge in [-0.2, -0.15) is 13.2 Å². The smallest absolute Gasteiger partial charge is 0.433 e. The summed E-state index contributed by atoms with van der Waals surface area (Å²) >= 11 is 0.870. The molecule has 0 unspecified atom stereocenters. The maximum Gasteiger partial charge on any atom is 0.433 e. The number of ether oxygens (including phenoxy) is 1. The van der Waals surface area contributed by atoms with Crippen molar-refractivity contribution in [3.8, 4) is 11.5 Å². The van der Waals surface area contributed by atoms with Gasteiger partial charge >= 0.3 is 6.18 Å². The van der Waals surface area contributed by atoms with Crippen LogP contribution in [0, 0.1) is 0 Å². The Labute approximate surface area is 158 Å². The minimum Gasteiger partial charge on any atom is -0.463 e. The van der Waals surface area contributed by atoms with Crippen LogP contribution in [0.1, 0.15) is 19.5 Å². The average molecular weight is 401 g/mol. The van der Waals surface area contributed by atoms with E-state index >= 15 is 0 Å². The summed E-state index contributed by atoms with van der Waals surface area (Å²) in [6.07, 6.45) is -3.45. The number of carbonyl (C=O) groups excluding carboxylic acids is 1. The van der Waals surface area contributed by atoms with Gasteiger partial charge in [-0.25, -0.2) is 9.97 Å². The quantitative estimate of drug-likeness (QED) is 0.577. The molecule has 2 aromatic rings. The number of rotatable bonds is 4. The van der Waals surface area contributed by atoms with Gasteiger partial charge in [-0.1, -0.05) is 11.8 Å². The van der Waals surface area contributed by atoms with Crippen LogP contribution in [0.5, 0.6) is 0 Å². The number of halogens is 3. The molecule has 146 valence electrons. The van der Waals surface area contributed by atoms with Gasteiger partial charge in [0.05, 0.1) is 24.2 Å². The number of amides is 1. The maximum atomic E-state index is 13.1. The topological polar surface area (TPSA) is 68.5 Å². The third-order valence-corrected chi connectivity index (χ3v) is 4.70. The average Bonchev–Trinajstić information content (AvgIpc) is 3.12. The summed E-state index contributed by atoms with van der Waals surface area (Å²) in [5, 5.41) is -0.126. The summed E-state index contributed by atoms with van der Waals surface area (Å²) < 4.78 is 50.1. The number of alkyl halides is 3. The standard InChI is InChI=1S/C17H18F3N3O3S/c1-10-7-23(8-11(2)26-10)15(24)9-27-16-21-12(13-4-3-5-25-13)6-14(22-16)17(18,19)20/h3-6,10-11H,7-9H2,1-2H3/t10-,11-/m1/s1. The van der Waals surface area contributed by atoms with E-state index in [0.29, 0.717) is 13.1 Å². The van der Waals surface area contributed by atoms with Crippen LogP contribution in [-0.2, 0) is 15.7 Å². The molecule has 27 heavy (non-hydrogen) atoms. The lowest BCUT2D eigenvalue weighted by atomic mass is 10.2. The third-order valence-electron chi connectivity index (χ3n) is 3.87. The van der Waals surface area contributed by atoms with Gasteiger partial charge in [-0.3, -0.25) is 4.79 Å². The molecular weight excluding hydrogens is 383 g/mol. The van der Waals surface area contributed by atoms with Crippen molar-refractivity contribution in [2.24, 2.45) is 0 Å². The highest BCUT2D eigenvalue weighted by Gasteiger charge is 2.34. The summed E-state index contributed by atoms with van der Waals surface area (Å²) in [6, 6.07) is 3.90. The van der Waals surface area contributed by atoms with Crippen molar-refractivity contribution in [2.45, 2.75) is 37.4 Å². The van der Waals surface area contributed by atoms with Crippen LogP contribution < -0.4 is 0 Å². The highest BCUT2D eigenvalue weighted by Crippen LogP contribution is 2.32. The first-order valence-corrected chi connectivity index (χ1v) is 9.27. The molecule has 0 radical (unpaired) electrons.